The maximum absolute atomic E-state index is 12.4. The van der Waals surface area contributed by atoms with Crippen LogP contribution in [0.4, 0.5) is 0 Å². The third-order valence-electron chi connectivity index (χ3n) is 4.60. The Labute approximate surface area is 145 Å². The highest BCUT2D eigenvalue weighted by atomic mass is 16.5. The van der Waals surface area contributed by atoms with E-state index in [2.05, 4.69) is 15.2 Å². The number of benzene rings is 1. The van der Waals surface area contributed by atoms with E-state index in [1.54, 1.807) is 6.07 Å². The Hall–Kier alpha value is -2.44. The van der Waals surface area contributed by atoms with Crippen molar-refractivity contribution in [1.29, 1.82) is 0 Å². The number of pyridine rings is 1. The zero-order valence-electron chi connectivity index (χ0n) is 14.2. The van der Waals surface area contributed by atoms with Crippen molar-refractivity contribution in [1.82, 2.24) is 15.2 Å². The molecule has 1 aliphatic rings. The van der Waals surface area contributed by atoms with E-state index in [4.69, 9.17) is 9.15 Å². The second-order valence-electron chi connectivity index (χ2n) is 6.28. The first-order valence-electron chi connectivity index (χ1n) is 8.59. The van der Waals surface area contributed by atoms with Crippen molar-refractivity contribution < 1.29 is 13.9 Å². The molecule has 1 saturated heterocycles. The molecule has 6 heteroatoms. The standard InChI is InChI=1S/C19H21N3O3/c1-13-15-12-17(19(23)20-6-7-22-8-10-24-11-9-22)25-18(15)14-4-2-3-5-16(14)21-13/h2-5,12H,6-11H2,1H3,(H,20,23). The smallest absolute Gasteiger partial charge is 0.287 e. The number of fused-ring (bicyclic) bond motifs is 3. The van der Waals surface area contributed by atoms with E-state index in [0.717, 1.165) is 60.4 Å². The van der Waals surface area contributed by atoms with Gasteiger partial charge in [0, 0.05) is 42.6 Å². The zero-order chi connectivity index (χ0) is 17.2. The van der Waals surface area contributed by atoms with E-state index >= 15 is 0 Å². The fourth-order valence-corrected chi connectivity index (χ4v) is 3.22. The SMILES string of the molecule is Cc1nc2ccccc2c2oc(C(=O)NCCN3CCOCC3)cc12. The van der Waals surface area contributed by atoms with Crippen LogP contribution in [0.15, 0.2) is 34.7 Å². The lowest BCUT2D eigenvalue weighted by molar-refractivity contribution is 0.0382. The first-order valence-corrected chi connectivity index (χ1v) is 8.59. The van der Waals surface area contributed by atoms with E-state index < -0.39 is 0 Å². The normalized spacial score (nSPS) is 15.7. The number of nitrogens with one attached hydrogen (secondary N) is 1. The molecule has 1 N–H and O–H groups in total. The number of morpholine rings is 1. The Morgan fingerprint density at radius 2 is 2.04 bits per heavy atom. The molecule has 1 fully saturated rings. The zero-order valence-corrected chi connectivity index (χ0v) is 14.2. The van der Waals surface area contributed by atoms with Crippen molar-refractivity contribution in [2.45, 2.75) is 6.92 Å². The van der Waals surface area contributed by atoms with Crippen molar-refractivity contribution in [3.8, 4) is 0 Å². The lowest BCUT2D eigenvalue weighted by atomic mass is 10.1. The van der Waals surface area contributed by atoms with Crippen LogP contribution in [0, 0.1) is 6.92 Å². The summed E-state index contributed by atoms with van der Waals surface area (Å²) in [6.45, 7) is 6.69. The van der Waals surface area contributed by atoms with Gasteiger partial charge in [0.1, 0.15) is 5.58 Å². The Morgan fingerprint density at radius 3 is 2.88 bits per heavy atom. The number of para-hydroxylation sites is 1. The monoisotopic (exact) mass is 339 g/mol. The summed E-state index contributed by atoms with van der Waals surface area (Å²) >= 11 is 0. The van der Waals surface area contributed by atoms with Crippen LogP contribution in [0.3, 0.4) is 0 Å². The number of aryl methyl sites for hydroxylation is 1. The fraction of sp³-hybridized carbons (Fsp3) is 0.368. The van der Waals surface area contributed by atoms with Crippen molar-refractivity contribution in [3.05, 3.63) is 41.8 Å². The minimum absolute atomic E-state index is 0.187. The van der Waals surface area contributed by atoms with Gasteiger partial charge in [-0.05, 0) is 25.1 Å². The molecule has 6 nitrogen and oxygen atoms in total. The van der Waals surface area contributed by atoms with Crippen LogP contribution in [0.1, 0.15) is 16.2 Å². The molecular formula is C19H21N3O3. The Balaban J connectivity index is 1.51. The van der Waals surface area contributed by atoms with Gasteiger partial charge in [-0.1, -0.05) is 12.1 Å². The highest BCUT2D eigenvalue weighted by molar-refractivity contribution is 6.06. The Morgan fingerprint density at radius 1 is 1.24 bits per heavy atom. The second kappa shape index (κ2) is 6.82. The lowest BCUT2D eigenvalue weighted by Gasteiger charge is -2.26. The molecule has 0 saturated carbocycles. The first-order chi connectivity index (χ1) is 12.2. The van der Waals surface area contributed by atoms with Crippen molar-refractivity contribution >= 4 is 27.8 Å². The van der Waals surface area contributed by atoms with Gasteiger partial charge in [-0.3, -0.25) is 14.7 Å². The molecule has 0 bridgehead atoms. The number of carbonyl (C=O) groups is 1. The molecule has 1 aliphatic heterocycles. The number of amides is 1. The van der Waals surface area contributed by atoms with Crippen LogP contribution in [0.25, 0.3) is 21.9 Å². The number of nitrogens with zero attached hydrogens (tertiary/aromatic N) is 2. The number of ether oxygens (including phenoxy) is 1. The van der Waals surface area contributed by atoms with Gasteiger partial charge < -0.3 is 14.5 Å². The largest absolute Gasteiger partial charge is 0.450 e. The van der Waals surface area contributed by atoms with E-state index in [1.165, 1.54) is 0 Å². The Kier molecular flexibility index (Phi) is 4.38. The molecule has 2 aromatic heterocycles. The predicted octanol–water partition coefficient (Wildman–Crippen LogP) is 2.35. The third kappa shape index (κ3) is 3.23. The van der Waals surface area contributed by atoms with Crippen LogP contribution in [-0.4, -0.2) is 55.2 Å². The van der Waals surface area contributed by atoms with Gasteiger partial charge in [-0.15, -0.1) is 0 Å². The third-order valence-corrected chi connectivity index (χ3v) is 4.60. The summed E-state index contributed by atoms with van der Waals surface area (Å²) in [5, 5.41) is 4.75. The molecule has 0 atom stereocenters. The maximum Gasteiger partial charge on any atom is 0.287 e. The topological polar surface area (TPSA) is 67.6 Å². The first kappa shape index (κ1) is 16.1. The number of carbonyl (C=O) groups excluding carboxylic acids is 1. The van der Waals surface area contributed by atoms with Crippen LogP contribution >= 0.6 is 0 Å². The van der Waals surface area contributed by atoms with Gasteiger partial charge in [0.25, 0.3) is 5.91 Å². The summed E-state index contributed by atoms with van der Waals surface area (Å²) in [4.78, 5) is 19.3. The number of hydrogen-bond acceptors (Lipinski definition) is 5. The quantitative estimate of drug-likeness (QED) is 0.790. The van der Waals surface area contributed by atoms with Gasteiger partial charge in [0.05, 0.1) is 18.7 Å². The summed E-state index contributed by atoms with van der Waals surface area (Å²) in [7, 11) is 0. The molecule has 4 rings (SSSR count). The van der Waals surface area contributed by atoms with Crippen molar-refractivity contribution in [2.75, 3.05) is 39.4 Å². The number of rotatable bonds is 4. The number of hydrogen-bond donors (Lipinski definition) is 1. The molecule has 3 heterocycles. The number of aromatic nitrogens is 1. The van der Waals surface area contributed by atoms with E-state index in [-0.39, 0.29) is 5.91 Å². The summed E-state index contributed by atoms with van der Waals surface area (Å²) < 4.78 is 11.2. The molecule has 0 radical (unpaired) electrons. The van der Waals surface area contributed by atoms with Gasteiger partial charge in [0.15, 0.2) is 5.76 Å². The van der Waals surface area contributed by atoms with Gasteiger partial charge in [-0.2, -0.15) is 0 Å². The minimum atomic E-state index is -0.187. The molecule has 25 heavy (non-hydrogen) atoms. The summed E-state index contributed by atoms with van der Waals surface area (Å²) in [5.41, 5.74) is 2.47. The van der Waals surface area contributed by atoms with Gasteiger partial charge in [-0.25, -0.2) is 0 Å². The van der Waals surface area contributed by atoms with E-state index in [1.807, 2.05) is 31.2 Å². The molecule has 0 spiro atoms. The average Bonchev–Trinajstić information content (AvgIpc) is 3.09. The molecule has 130 valence electrons. The lowest BCUT2D eigenvalue weighted by Crippen LogP contribution is -2.41. The summed E-state index contributed by atoms with van der Waals surface area (Å²) in [5.74, 6) is 0.145. The molecule has 1 aromatic carbocycles. The predicted molar refractivity (Wildman–Crippen MR) is 95.8 cm³/mol. The van der Waals surface area contributed by atoms with Crippen LogP contribution in [0.2, 0.25) is 0 Å². The highest BCUT2D eigenvalue weighted by Crippen LogP contribution is 2.29. The van der Waals surface area contributed by atoms with Crippen LogP contribution in [0.5, 0.6) is 0 Å². The molecular weight excluding hydrogens is 318 g/mol. The average molecular weight is 339 g/mol. The second-order valence-corrected chi connectivity index (χ2v) is 6.28. The van der Waals surface area contributed by atoms with E-state index in [9.17, 15) is 4.79 Å². The summed E-state index contributed by atoms with van der Waals surface area (Å²) in [6, 6.07) is 9.60. The van der Waals surface area contributed by atoms with Gasteiger partial charge in [0.2, 0.25) is 0 Å². The fourth-order valence-electron chi connectivity index (χ4n) is 3.22. The van der Waals surface area contributed by atoms with E-state index in [0.29, 0.717) is 12.3 Å². The minimum Gasteiger partial charge on any atom is -0.450 e. The molecule has 0 unspecified atom stereocenters. The number of furan rings is 1. The van der Waals surface area contributed by atoms with Crippen LogP contribution in [-0.2, 0) is 4.74 Å². The molecule has 3 aromatic rings. The maximum atomic E-state index is 12.4. The summed E-state index contributed by atoms with van der Waals surface area (Å²) in [6.07, 6.45) is 0. The van der Waals surface area contributed by atoms with Crippen LogP contribution < -0.4 is 5.32 Å². The van der Waals surface area contributed by atoms with Crippen molar-refractivity contribution in [3.63, 3.8) is 0 Å². The van der Waals surface area contributed by atoms with Gasteiger partial charge >= 0.3 is 0 Å². The molecule has 0 aliphatic carbocycles. The Bertz CT molecular complexity index is 913. The van der Waals surface area contributed by atoms with Crippen molar-refractivity contribution in [2.24, 2.45) is 0 Å². The molecule has 1 amide bonds. The highest BCUT2D eigenvalue weighted by Gasteiger charge is 2.17.